The number of H-pyrrole nitrogens is 1. The summed E-state index contributed by atoms with van der Waals surface area (Å²) in [6, 6.07) is 0. The van der Waals surface area contributed by atoms with Crippen LogP contribution in [0, 0.1) is 0 Å². The second-order valence-corrected chi connectivity index (χ2v) is 3.14. The summed E-state index contributed by atoms with van der Waals surface area (Å²) in [5.41, 5.74) is 0.209. The van der Waals surface area contributed by atoms with E-state index in [1.54, 1.807) is 0 Å². The number of halogens is 1. The number of aromatic nitrogens is 2. The molecule has 0 bridgehead atoms. The van der Waals surface area contributed by atoms with E-state index >= 15 is 0 Å². The number of aromatic amines is 1. The third-order valence-electron chi connectivity index (χ3n) is 1.29. The molecule has 12 heavy (non-hydrogen) atoms. The Morgan fingerprint density at radius 3 is 2.92 bits per heavy atom. The van der Waals surface area contributed by atoms with Crippen LogP contribution in [0.3, 0.4) is 0 Å². The van der Waals surface area contributed by atoms with Gasteiger partial charge in [-0.15, -0.1) is 11.8 Å². The molecule has 0 aliphatic rings. The fourth-order valence-corrected chi connectivity index (χ4v) is 1.57. The van der Waals surface area contributed by atoms with Crippen LogP contribution in [0.25, 0.3) is 6.08 Å². The van der Waals surface area contributed by atoms with Gasteiger partial charge >= 0.3 is 0 Å². The van der Waals surface area contributed by atoms with Crippen molar-refractivity contribution in [2.24, 2.45) is 0 Å². The second-order valence-electron chi connectivity index (χ2n) is 1.98. The van der Waals surface area contributed by atoms with Crippen LogP contribution in [0.5, 0.6) is 0 Å². The molecule has 1 rings (SSSR count). The Labute approximate surface area is 78.9 Å². The summed E-state index contributed by atoms with van der Waals surface area (Å²) in [4.78, 5) is 17.5. The van der Waals surface area contributed by atoms with Crippen LogP contribution in [0.1, 0.15) is 5.56 Å². The Kier molecular flexibility index (Phi) is 2.94. The van der Waals surface area contributed by atoms with Gasteiger partial charge in [0.05, 0.1) is 5.56 Å². The molecular formula is C7H7ClN2OS. The van der Waals surface area contributed by atoms with Gasteiger partial charge in [0.15, 0.2) is 0 Å². The first-order valence-corrected chi connectivity index (χ1v) is 4.75. The summed E-state index contributed by atoms with van der Waals surface area (Å²) in [7, 11) is 0. The van der Waals surface area contributed by atoms with E-state index in [2.05, 4.69) is 16.5 Å². The number of rotatable bonds is 2. The Bertz CT molecular complexity index is 361. The maximum absolute atomic E-state index is 11.2. The van der Waals surface area contributed by atoms with Gasteiger partial charge in [-0.3, -0.25) is 9.78 Å². The predicted octanol–water partition coefficient (Wildman–Crippen LogP) is 1.79. The zero-order chi connectivity index (χ0) is 9.14. The normalized spacial score (nSPS) is 9.83. The lowest BCUT2D eigenvalue weighted by Gasteiger charge is -1.99. The molecule has 3 nitrogen and oxygen atoms in total. The van der Waals surface area contributed by atoms with Crippen molar-refractivity contribution in [3.8, 4) is 0 Å². The van der Waals surface area contributed by atoms with E-state index in [0.29, 0.717) is 10.6 Å². The van der Waals surface area contributed by atoms with Gasteiger partial charge in [-0.2, -0.15) is 0 Å². The van der Waals surface area contributed by atoms with Gasteiger partial charge in [0.25, 0.3) is 5.56 Å². The molecule has 1 aromatic rings. The van der Waals surface area contributed by atoms with Crippen LogP contribution in [0.2, 0.25) is 5.28 Å². The predicted molar refractivity (Wildman–Crippen MR) is 51.7 cm³/mol. The molecule has 5 heteroatoms. The van der Waals surface area contributed by atoms with Crippen molar-refractivity contribution in [1.29, 1.82) is 0 Å². The summed E-state index contributed by atoms with van der Waals surface area (Å²) in [6.07, 6.45) is 3.29. The summed E-state index contributed by atoms with van der Waals surface area (Å²) in [5.74, 6) is 0. The van der Waals surface area contributed by atoms with Crippen LogP contribution < -0.4 is 5.56 Å². The summed E-state index contributed by atoms with van der Waals surface area (Å²) in [5, 5.41) is 0.703. The van der Waals surface area contributed by atoms with E-state index < -0.39 is 0 Å². The molecular weight excluding hydrogens is 196 g/mol. The fraction of sp³-hybridized carbons (Fsp3) is 0.143. The Morgan fingerprint density at radius 2 is 2.42 bits per heavy atom. The van der Waals surface area contributed by atoms with Gasteiger partial charge in [0.1, 0.15) is 5.03 Å². The van der Waals surface area contributed by atoms with E-state index in [-0.39, 0.29) is 10.8 Å². The molecule has 0 atom stereocenters. The highest BCUT2D eigenvalue weighted by Crippen LogP contribution is 2.16. The van der Waals surface area contributed by atoms with Gasteiger partial charge in [-0.25, -0.2) is 4.98 Å². The minimum Gasteiger partial charge on any atom is -0.297 e. The van der Waals surface area contributed by atoms with E-state index in [9.17, 15) is 4.79 Å². The number of nitrogens with zero attached hydrogens (tertiary/aromatic N) is 1. The maximum atomic E-state index is 11.2. The van der Waals surface area contributed by atoms with Crippen molar-refractivity contribution in [2.45, 2.75) is 5.03 Å². The average Bonchev–Trinajstić information content (AvgIpc) is 2.03. The molecule has 0 fully saturated rings. The van der Waals surface area contributed by atoms with Crippen molar-refractivity contribution in [2.75, 3.05) is 6.26 Å². The molecule has 1 heterocycles. The Balaban J connectivity index is 3.44. The van der Waals surface area contributed by atoms with Crippen LogP contribution in [0.4, 0.5) is 0 Å². The third-order valence-corrected chi connectivity index (χ3v) is 2.17. The van der Waals surface area contributed by atoms with Crippen LogP contribution >= 0.6 is 23.4 Å². The van der Waals surface area contributed by atoms with Crippen LogP contribution in [0.15, 0.2) is 16.4 Å². The van der Waals surface area contributed by atoms with Crippen molar-refractivity contribution in [3.63, 3.8) is 0 Å². The number of hydrogen-bond donors (Lipinski definition) is 1. The standard InChI is InChI=1S/C7H7ClN2OS/c1-3-4-5(11)9-7(8)10-6(4)12-2/h3H,1H2,2H3,(H,9,10,11). The average molecular weight is 203 g/mol. The van der Waals surface area contributed by atoms with Crippen molar-refractivity contribution in [1.82, 2.24) is 9.97 Å². The van der Waals surface area contributed by atoms with E-state index in [1.165, 1.54) is 17.8 Å². The SMILES string of the molecule is C=Cc1c(SC)nc(Cl)[nH]c1=O. The fourth-order valence-electron chi connectivity index (χ4n) is 0.771. The van der Waals surface area contributed by atoms with Gasteiger partial charge < -0.3 is 0 Å². The maximum Gasteiger partial charge on any atom is 0.260 e. The zero-order valence-corrected chi connectivity index (χ0v) is 8.00. The number of thioether (sulfide) groups is 1. The molecule has 0 aromatic carbocycles. The molecule has 0 aliphatic carbocycles. The van der Waals surface area contributed by atoms with Gasteiger partial charge in [-0.05, 0) is 17.9 Å². The molecule has 0 unspecified atom stereocenters. The lowest BCUT2D eigenvalue weighted by molar-refractivity contribution is 1.00. The quantitative estimate of drug-likeness (QED) is 0.452. The highest BCUT2D eigenvalue weighted by Gasteiger charge is 2.05. The molecule has 0 aliphatic heterocycles. The Morgan fingerprint density at radius 1 is 1.75 bits per heavy atom. The highest BCUT2D eigenvalue weighted by atomic mass is 35.5. The van der Waals surface area contributed by atoms with Gasteiger partial charge in [0, 0.05) is 0 Å². The Hall–Kier alpha value is -0.740. The molecule has 1 N–H and O–H groups in total. The first kappa shape index (κ1) is 9.35. The van der Waals surface area contributed by atoms with Crippen molar-refractivity contribution >= 4 is 29.4 Å². The second kappa shape index (κ2) is 3.78. The lowest BCUT2D eigenvalue weighted by Crippen LogP contribution is -2.12. The van der Waals surface area contributed by atoms with Gasteiger partial charge in [-0.1, -0.05) is 12.7 Å². The molecule has 64 valence electrons. The molecule has 0 saturated heterocycles. The van der Waals surface area contributed by atoms with E-state index in [0.717, 1.165) is 0 Å². The van der Waals surface area contributed by atoms with Crippen molar-refractivity contribution < 1.29 is 0 Å². The number of nitrogens with one attached hydrogen (secondary N) is 1. The first-order valence-electron chi connectivity index (χ1n) is 3.15. The molecule has 0 radical (unpaired) electrons. The van der Waals surface area contributed by atoms with Crippen LogP contribution in [-0.2, 0) is 0 Å². The smallest absolute Gasteiger partial charge is 0.260 e. The molecule has 0 saturated carbocycles. The van der Waals surface area contributed by atoms with Gasteiger partial charge in [0.2, 0.25) is 5.28 Å². The summed E-state index contributed by atoms with van der Waals surface area (Å²) >= 11 is 6.91. The number of hydrogen-bond acceptors (Lipinski definition) is 3. The molecule has 1 aromatic heterocycles. The molecule has 0 amide bonds. The molecule has 0 spiro atoms. The minimum atomic E-state index is -0.255. The lowest BCUT2D eigenvalue weighted by atomic mass is 10.3. The monoisotopic (exact) mass is 202 g/mol. The highest BCUT2D eigenvalue weighted by molar-refractivity contribution is 7.98. The topological polar surface area (TPSA) is 45.8 Å². The third kappa shape index (κ3) is 1.70. The van der Waals surface area contributed by atoms with Crippen LogP contribution in [-0.4, -0.2) is 16.2 Å². The summed E-state index contributed by atoms with van der Waals surface area (Å²) in [6.45, 7) is 3.51. The van der Waals surface area contributed by atoms with E-state index in [4.69, 9.17) is 11.6 Å². The largest absolute Gasteiger partial charge is 0.297 e. The summed E-state index contributed by atoms with van der Waals surface area (Å²) < 4.78 is 0. The minimum absolute atomic E-state index is 0.106. The van der Waals surface area contributed by atoms with Crippen molar-refractivity contribution in [3.05, 3.63) is 27.8 Å². The first-order chi connectivity index (χ1) is 5.69. The zero-order valence-electron chi connectivity index (χ0n) is 6.43. The van der Waals surface area contributed by atoms with E-state index in [1.807, 2.05) is 6.26 Å².